The van der Waals surface area contributed by atoms with Gasteiger partial charge in [-0.1, -0.05) is 12.8 Å². The molecule has 0 aromatic heterocycles. The van der Waals surface area contributed by atoms with E-state index < -0.39 is 12.1 Å². The minimum absolute atomic E-state index is 0.146. The van der Waals surface area contributed by atoms with Crippen LogP contribution in [0.4, 0.5) is 4.79 Å². The topological polar surface area (TPSA) is 67.4 Å². The van der Waals surface area contributed by atoms with Crippen molar-refractivity contribution in [2.75, 3.05) is 14.2 Å². The molecule has 0 bridgehead atoms. The zero-order valence-electron chi connectivity index (χ0n) is 9.21. The average Bonchev–Trinajstić information content (AvgIpc) is 2.77. The van der Waals surface area contributed by atoms with Gasteiger partial charge in [-0.05, 0) is 18.8 Å². The largest absolute Gasteiger partial charge is 0.453 e. The van der Waals surface area contributed by atoms with Crippen molar-refractivity contribution in [1.29, 1.82) is 0 Å². The molecule has 1 rings (SSSR count). The molecule has 5 nitrogen and oxygen atoms in total. The molecular weight excluding hydrogens is 196 g/mol. The predicted molar refractivity (Wildman–Crippen MR) is 55.4 cm³/mol. The normalized spacial score (nSPS) is 18.3. The second-order valence-corrected chi connectivity index (χ2v) is 3.77. The van der Waals surface area contributed by atoms with Crippen LogP contribution >= 0.6 is 0 Å². The maximum Gasteiger partial charge on any atom is 0.407 e. The van der Waals surface area contributed by atoms with Gasteiger partial charge in [0.2, 0.25) is 5.91 Å². The first-order valence-corrected chi connectivity index (χ1v) is 5.25. The molecule has 0 radical (unpaired) electrons. The van der Waals surface area contributed by atoms with E-state index in [0.29, 0.717) is 0 Å². The summed E-state index contributed by atoms with van der Waals surface area (Å²) in [5.41, 5.74) is 0. The van der Waals surface area contributed by atoms with Crippen LogP contribution in [-0.4, -0.2) is 32.2 Å². The number of hydrogen-bond donors (Lipinski definition) is 2. The van der Waals surface area contributed by atoms with Crippen molar-refractivity contribution in [2.45, 2.75) is 31.7 Å². The summed E-state index contributed by atoms with van der Waals surface area (Å²) in [7, 11) is 2.87. The lowest BCUT2D eigenvalue weighted by molar-refractivity contribution is -0.123. The predicted octanol–water partition coefficient (Wildman–Crippen LogP) is 0.647. The molecule has 0 aromatic carbocycles. The van der Waals surface area contributed by atoms with Gasteiger partial charge >= 0.3 is 6.09 Å². The lowest BCUT2D eigenvalue weighted by atomic mass is 9.97. The number of rotatable bonds is 3. The zero-order chi connectivity index (χ0) is 11.3. The first-order valence-electron chi connectivity index (χ1n) is 5.25. The standard InChI is InChI=1S/C10H18N2O3/c1-11-9(13)8(12-10(14)15-2)7-5-3-4-6-7/h7-8H,3-6H2,1-2H3,(H,11,13)(H,12,14). The smallest absolute Gasteiger partial charge is 0.407 e. The molecule has 0 saturated heterocycles. The Kier molecular flexibility index (Phi) is 4.39. The van der Waals surface area contributed by atoms with Crippen molar-refractivity contribution in [3.63, 3.8) is 0 Å². The van der Waals surface area contributed by atoms with E-state index in [0.717, 1.165) is 25.7 Å². The van der Waals surface area contributed by atoms with Gasteiger partial charge in [0.1, 0.15) is 6.04 Å². The molecule has 15 heavy (non-hydrogen) atoms. The van der Waals surface area contributed by atoms with Gasteiger partial charge in [0.05, 0.1) is 7.11 Å². The molecule has 0 spiro atoms. The molecule has 0 aliphatic heterocycles. The molecule has 5 heteroatoms. The van der Waals surface area contributed by atoms with Crippen LogP contribution in [0.15, 0.2) is 0 Å². The zero-order valence-corrected chi connectivity index (χ0v) is 9.21. The molecule has 0 heterocycles. The minimum Gasteiger partial charge on any atom is -0.453 e. The number of carbonyl (C=O) groups excluding carboxylic acids is 2. The maximum atomic E-state index is 11.6. The lowest BCUT2D eigenvalue weighted by Gasteiger charge is -2.22. The van der Waals surface area contributed by atoms with Gasteiger partial charge in [0.25, 0.3) is 0 Å². The highest BCUT2D eigenvalue weighted by atomic mass is 16.5. The van der Waals surface area contributed by atoms with Crippen LogP contribution in [0.25, 0.3) is 0 Å². The van der Waals surface area contributed by atoms with Gasteiger partial charge in [0.15, 0.2) is 0 Å². The second kappa shape index (κ2) is 5.58. The SMILES string of the molecule is CNC(=O)C(NC(=O)OC)C1CCCC1. The molecule has 1 fully saturated rings. The van der Waals surface area contributed by atoms with E-state index in [1.807, 2.05) is 0 Å². The molecule has 1 saturated carbocycles. The maximum absolute atomic E-state index is 11.6. The Labute approximate surface area is 89.6 Å². The number of hydrogen-bond acceptors (Lipinski definition) is 3. The lowest BCUT2D eigenvalue weighted by Crippen LogP contribution is -2.49. The van der Waals surface area contributed by atoms with Crippen LogP contribution in [-0.2, 0) is 9.53 Å². The Morgan fingerprint density at radius 3 is 2.40 bits per heavy atom. The number of alkyl carbamates (subject to hydrolysis) is 1. The number of carbonyl (C=O) groups is 2. The van der Waals surface area contributed by atoms with Crippen LogP contribution in [0.5, 0.6) is 0 Å². The van der Waals surface area contributed by atoms with Crippen molar-refractivity contribution in [3.8, 4) is 0 Å². The summed E-state index contributed by atoms with van der Waals surface area (Å²) in [5, 5.41) is 5.15. The quantitative estimate of drug-likeness (QED) is 0.724. The Bertz CT molecular complexity index is 237. The van der Waals surface area contributed by atoms with Crippen LogP contribution in [0.1, 0.15) is 25.7 Å². The number of likely N-dealkylation sites (N-methyl/N-ethyl adjacent to an activating group) is 1. The molecular formula is C10H18N2O3. The van der Waals surface area contributed by atoms with E-state index >= 15 is 0 Å². The number of ether oxygens (including phenoxy) is 1. The monoisotopic (exact) mass is 214 g/mol. The highest BCUT2D eigenvalue weighted by molar-refractivity contribution is 5.85. The van der Waals surface area contributed by atoms with Crippen molar-refractivity contribution < 1.29 is 14.3 Å². The minimum atomic E-state index is -0.546. The van der Waals surface area contributed by atoms with Crippen LogP contribution in [0.2, 0.25) is 0 Å². The molecule has 2 amide bonds. The molecule has 1 unspecified atom stereocenters. The highest BCUT2D eigenvalue weighted by Gasteiger charge is 2.31. The summed E-state index contributed by atoms with van der Waals surface area (Å²) in [6, 6.07) is -0.454. The van der Waals surface area contributed by atoms with E-state index in [-0.39, 0.29) is 11.8 Å². The van der Waals surface area contributed by atoms with Crippen LogP contribution < -0.4 is 10.6 Å². The van der Waals surface area contributed by atoms with E-state index in [4.69, 9.17) is 0 Å². The summed E-state index contributed by atoms with van der Waals surface area (Å²) in [6.45, 7) is 0. The first-order chi connectivity index (χ1) is 7.19. The van der Waals surface area contributed by atoms with E-state index in [1.165, 1.54) is 7.11 Å². The number of amides is 2. The molecule has 0 aromatic rings. The molecule has 1 aliphatic carbocycles. The van der Waals surface area contributed by atoms with E-state index in [9.17, 15) is 9.59 Å². The van der Waals surface area contributed by atoms with Crippen molar-refractivity contribution in [3.05, 3.63) is 0 Å². The van der Waals surface area contributed by atoms with Gasteiger partial charge in [0, 0.05) is 7.05 Å². The third kappa shape index (κ3) is 3.11. The van der Waals surface area contributed by atoms with E-state index in [1.54, 1.807) is 7.05 Å². The Hall–Kier alpha value is -1.26. The van der Waals surface area contributed by atoms with Crippen LogP contribution in [0, 0.1) is 5.92 Å². The van der Waals surface area contributed by atoms with Gasteiger partial charge in [-0.3, -0.25) is 4.79 Å². The van der Waals surface area contributed by atoms with Crippen molar-refractivity contribution >= 4 is 12.0 Å². The summed E-state index contributed by atoms with van der Waals surface area (Å²) >= 11 is 0. The molecule has 2 N–H and O–H groups in total. The van der Waals surface area contributed by atoms with Crippen molar-refractivity contribution in [1.82, 2.24) is 10.6 Å². The third-order valence-corrected chi connectivity index (χ3v) is 2.86. The van der Waals surface area contributed by atoms with Gasteiger partial charge in [-0.15, -0.1) is 0 Å². The molecule has 1 atom stereocenters. The fourth-order valence-corrected chi connectivity index (χ4v) is 2.03. The molecule has 86 valence electrons. The highest BCUT2D eigenvalue weighted by Crippen LogP contribution is 2.27. The van der Waals surface area contributed by atoms with E-state index in [2.05, 4.69) is 15.4 Å². The average molecular weight is 214 g/mol. The van der Waals surface area contributed by atoms with Gasteiger partial charge in [-0.25, -0.2) is 4.79 Å². The number of nitrogens with one attached hydrogen (secondary N) is 2. The number of methoxy groups -OCH3 is 1. The Morgan fingerprint density at radius 1 is 1.33 bits per heavy atom. The summed E-state index contributed by atoms with van der Waals surface area (Å²) in [5.74, 6) is 0.0938. The Balaban J connectivity index is 2.59. The first kappa shape index (κ1) is 11.8. The second-order valence-electron chi connectivity index (χ2n) is 3.77. The third-order valence-electron chi connectivity index (χ3n) is 2.86. The fourth-order valence-electron chi connectivity index (χ4n) is 2.03. The summed E-state index contributed by atoms with van der Waals surface area (Å²) in [6.07, 6.45) is 3.68. The summed E-state index contributed by atoms with van der Waals surface area (Å²) < 4.78 is 4.50. The van der Waals surface area contributed by atoms with Gasteiger partial charge < -0.3 is 15.4 Å². The van der Waals surface area contributed by atoms with Crippen molar-refractivity contribution in [2.24, 2.45) is 5.92 Å². The molecule has 1 aliphatic rings. The van der Waals surface area contributed by atoms with Gasteiger partial charge in [-0.2, -0.15) is 0 Å². The van der Waals surface area contributed by atoms with Crippen LogP contribution in [0.3, 0.4) is 0 Å². The summed E-state index contributed by atoms with van der Waals surface area (Å²) in [4.78, 5) is 22.7. The fraction of sp³-hybridized carbons (Fsp3) is 0.800. The Morgan fingerprint density at radius 2 is 1.93 bits per heavy atom.